The first-order valence-electron chi connectivity index (χ1n) is 8.04. The zero-order chi connectivity index (χ0) is 21.3. The van der Waals surface area contributed by atoms with Crippen LogP contribution in [0, 0.1) is 6.92 Å². The number of halogens is 4. The molecule has 0 bridgehead atoms. The van der Waals surface area contributed by atoms with Crippen LogP contribution < -0.4 is 9.62 Å². The minimum atomic E-state index is -4.69. The number of carbonyl (C=O) groups excluding carboxylic acids is 1. The Labute approximate surface area is 166 Å². The minimum Gasteiger partial charge on any atom is -0.324 e. The first-order chi connectivity index (χ1) is 12.8. The Morgan fingerprint density at radius 3 is 2.21 bits per heavy atom. The van der Waals surface area contributed by atoms with Crippen LogP contribution in [0.3, 0.4) is 0 Å². The molecule has 1 amide bonds. The van der Waals surface area contributed by atoms with Crippen LogP contribution in [-0.2, 0) is 21.0 Å². The molecule has 2 aromatic rings. The van der Waals surface area contributed by atoms with Gasteiger partial charge in [-0.25, -0.2) is 8.42 Å². The first-order valence-corrected chi connectivity index (χ1v) is 10.3. The van der Waals surface area contributed by atoms with E-state index >= 15 is 0 Å². The Morgan fingerprint density at radius 1 is 1.14 bits per heavy atom. The molecule has 0 unspecified atom stereocenters. The van der Waals surface area contributed by atoms with Crippen molar-refractivity contribution < 1.29 is 26.4 Å². The summed E-state index contributed by atoms with van der Waals surface area (Å²) in [5, 5.41) is 1.81. The van der Waals surface area contributed by atoms with Gasteiger partial charge in [0.05, 0.1) is 22.5 Å². The van der Waals surface area contributed by atoms with Crippen molar-refractivity contribution in [3.8, 4) is 0 Å². The Kier molecular flexibility index (Phi) is 6.30. The summed E-state index contributed by atoms with van der Waals surface area (Å²) in [6.45, 7) is 3.17. The number of hydrogen-bond donors (Lipinski definition) is 1. The van der Waals surface area contributed by atoms with Crippen molar-refractivity contribution in [1.82, 2.24) is 0 Å². The number of benzene rings is 2. The van der Waals surface area contributed by atoms with Gasteiger partial charge in [0.1, 0.15) is 6.04 Å². The fourth-order valence-electron chi connectivity index (χ4n) is 2.57. The van der Waals surface area contributed by atoms with Crippen molar-refractivity contribution in [2.45, 2.75) is 26.1 Å². The van der Waals surface area contributed by atoms with Gasteiger partial charge in [-0.05, 0) is 44.2 Å². The molecular formula is C18H18ClF3N2O3S. The average Bonchev–Trinajstić information content (AvgIpc) is 2.56. The fraction of sp³-hybridized carbons (Fsp3) is 0.278. The molecule has 10 heteroatoms. The van der Waals surface area contributed by atoms with E-state index in [1.54, 1.807) is 24.3 Å². The van der Waals surface area contributed by atoms with E-state index in [1.165, 1.54) is 13.0 Å². The van der Waals surface area contributed by atoms with Crippen molar-refractivity contribution in [2.24, 2.45) is 0 Å². The number of nitrogens with one attached hydrogen (secondary N) is 1. The lowest BCUT2D eigenvalue weighted by atomic mass is 10.1. The standard InChI is InChI=1S/C18H18ClF3N2O3S/c1-11-4-7-14(8-5-11)24(28(3,26)27)12(2)17(25)23-13-6-9-16(19)15(10-13)18(20,21)22/h4-10,12H,1-3H3,(H,23,25)/t12-/m0/s1. The van der Waals surface area contributed by atoms with E-state index in [0.29, 0.717) is 6.07 Å². The fourth-order valence-corrected chi connectivity index (χ4v) is 3.97. The average molecular weight is 435 g/mol. The van der Waals surface area contributed by atoms with Crippen LogP contribution in [0.5, 0.6) is 0 Å². The van der Waals surface area contributed by atoms with Crippen LogP contribution in [0.1, 0.15) is 18.1 Å². The number of hydrogen-bond acceptors (Lipinski definition) is 3. The Morgan fingerprint density at radius 2 is 1.71 bits per heavy atom. The zero-order valence-electron chi connectivity index (χ0n) is 15.2. The molecular weight excluding hydrogens is 417 g/mol. The second kappa shape index (κ2) is 8.00. The van der Waals surface area contributed by atoms with E-state index in [9.17, 15) is 26.4 Å². The topological polar surface area (TPSA) is 66.5 Å². The third kappa shape index (κ3) is 5.17. The van der Waals surface area contributed by atoms with Gasteiger partial charge in [-0.15, -0.1) is 0 Å². The third-order valence-electron chi connectivity index (χ3n) is 3.92. The number of carbonyl (C=O) groups is 1. The highest BCUT2D eigenvalue weighted by Crippen LogP contribution is 2.36. The monoisotopic (exact) mass is 434 g/mol. The van der Waals surface area contributed by atoms with Gasteiger partial charge in [-0.2, -0.15) is 13.2 Å². The predicted octanol–water partition coefficient (Wildman–Crippen LogP) is 4.46. The van der Waals surface area contributed by atoms with Crippen molar-refractivity contribution >= 4 is 38.9 Å². The highest BCUT2D eigenvalue weighted by molar-refractivity contribution is 7.92. The number of rotatable bonds is 5. The van der Waals surface area contributed by atoms with Crippen molar-refractivity contribution in [3.05, 3.63) is 58.6 Å². The maximum atomic E-state index is 13.0. The lowest BCUT2D eigenvalue weighted by Crippen LogP contribution is -2.45. The Balaban J connectivity index is 2.33. The van der Waals surface area contributed by atoms with Crippen LogP contribution in [0.2, 0.25) is 5.02 Å². The smallest absolute Gasteiger partial charge is 0.324 e. The lowest BCUT2D eigenvalue weighted by Gasteiger charge is -2.28. The normalized spacial score (nSPS) is 13.1. The summed E-state index contributed by atoms with van der Waals surface area (Å²) < 4.78 is 64.3. The molecule has 152 valence electrons. The highest BCUT2D eigenvalue weighted by atomic mass is 35.5. The number of amides is 1. The molecule has 0 saturated heterocycles. The van der Waals surface area contributed by atoms with Crippen LogP contribution in [0.25, 0.3) is 0 Å². The van der Waals surface area contributed by atoms with Crippen molar-refractivity contribution in [3.63, 3.8) is 0 Å². The van der Waals surface area contributed by atoms with E-state index in [-0.39, 0.29) is 11.4 Å². The first kappa shape index (κ1) is 22.0. The summed E-state index contributed by atoms with van der Waals surface area (Å²) in [6.07, 6.45) is -3.75. The van der Waals surface area contributed by atoms with Gasteiger partial charge in [-0.1, -0.05) is 29.3 Å². The second-order valence-electron chi connectivity index (χ2n) is 6.25. The van der Waals surface area contributed by atoms with Crippen LogP contribution in [0.15, 0.2) is 42.5 Å². The van der Waals surface area contributed by atoms with Gasteiger partial charge in [0.2, 0.25) is 15.9 Å². The molecule has 1 N–H and O–H groups in total. The molecule has 0 aliphatic carbocycles. The van der Waals surface area contributed by atoms with Gasteiger partial charge in [-0.3, -0.25) is 9.10 Å². The maximum absolute atomic E-state index is 13.0. The highest BCUT2D eigenvalue weighted by Gasteiger charge is 2.34. The van der Waals surface area contributed by atoms with Crippen molar-refractivity contribution in [1.29, 1.82) is 0 Å². The number of sulfonamides is 1. The molecule has 5 nitrogen and oxygen atoms in total. The predicted molar refractivity (Wildman–Crippen MR) is 103 cm³/mol. The van der Waals surface area contributed by atoms with Crippen LogP contribution >= 0.6 is 11.6 Å². The van der Waals surface area contributed by atoms with E-state index in [4.69, 9.17) is 11.6 Å². The molecule has 0 radical (unpaired) electrons. The Hall–Kier alpha value is -2.26. The number of anilines is 2. The lowest BCUT2D eigenvalue weighted by molar-refractivity contribution is -0.137. The number of alkyl halides is 3. The third-order valence-corrected chi connectivity index (χ3v) is 5.49. The molecule has 0 aromatic heterocycles. The number of aryl methyl sites for hydroxylation is 1. The van der Waals surface area contributed by atoms with E-state index in [1.807, 2.05) is 6.92 Å². The SMILES string of the molecule is Cc1ccc(N([C@@H](C)C(=O)Nc2ccc(Cl)c(C(F)(F)F)c2)S(C)(=O)=O)cc1. The molecule has 0 aliphatic rings. The van der Waals surface area contributed by atoms with Gasteiger partial charge >= 0.3 is 6.18 Å². The van der Waals surface area contributed by atoms with Gasteiger partial charge in [0, 0.05) is 5.69 Å². The molecule has 0 aliphatic heterocycles. The summed E-state index contributed by atoms with van der Waals surface area (Å²) in [5.41, 5.74) is -0.0814. The summed E-state index contributed by atoms with van der Waals surface area (Å²) in [6, 6.07) is 8.18. The van der Waals surface area contributed by atoms with E-state index in [0.717, 1.165) is 22.2 Å². The van der Waals surface area contributed by atoms with Gasteiger partial charge in [0.25, 0.3) is 0 Å². The minimum absolute atomic E-state index is 0.147. The molecule has 0 saturated carbocycles. The molecule has 0 spiro atoms. The quantitative estimate of drug-likeness (QED) is 0.755. The zero-order valence-corrected chi connectivity index (χ0v) is 16.8. The van der Waals surface area contributed by atoms with E-state index < -0.39 is 38.7 Å². The van der Waals surface area contributed by atoms with E-state index in [2.05, 4.69) is 5.32 Å². The van der Waals surface area contributed by atoms with Crippen LogP contribution in [-0.4, -0.2) is 26.6 Å². The largest absolute Gasteiger partial charge is 0.417 e. The molecule has 2 aromatic carbocycles. The van der Waals surface area contributed by atoms with Crippen LogP contribution in [0.4, 0.5) is 24.5 Å². The summed E-state index contributed by atoms with van der Waals surface area (Å²) in [5.74, 6) is -0.790. The molecule has 0 fully saturated rings. The summed E-state index contributed by atoms with van der Waals surface area (Å²) >= 11 is 5.56. The molecule has 28 heavy (non-hydrogen) atoms. The van der Waals surface area contributed by atoms with Gasteiger partial charge in [0.15, 0.2) is 0 Å². The summed E-state index contributed by atoms with van der Waals surface area (Å²) in [7, 11) is -3.83. The molecule has 2 rings (SSSR count). The van der Waals surface area contributed by atoms with Gasteiger partial charge < -0.3 is 5.32 Å². The second-order valence-corrected chi connectivity index (χ2v) is 8.52. The molecule has 1 atom stereocenters. The Bertz CT molecular complexity index is 977. The molecule has 0 heterocycles. The summed E-state index contributed by atoms with van der Waals surface area (Å²) in [4.78, 5) is 12.6. The van der Waals surface area contributed by atoms with Crippen molar-refractivity contribution in [2.75, 3.05) is 15.9 Å². The number of nitrogens with zero attached hydrogens (tertiary/aromatic N) is 1. The maximum Gasteiger partial charge on any atom is 0.417 e.